The van der Waals surface area contributed by atoms with Gasteiger partial charge in [0.2, 0.25) is 5.91 Å². The summed E-state index contributed by atoms with van der Waals surface area (Å²) >= 11 is 6.01. The van der Waals surface area contributed by atoms with Crippen molar-refractivity contribution in [2.75, 3.05) is 6.54 Å². The molecule has 1 heterocycles. The molecule has 1 aromatic carbocycles. The predicted octanol–water partition coefficient (Wildman–Crippen LogP) is 2.93. The summed E-state index contributed by atoms with van der Waals surface area (Å²) in [6.45, 7) is 0.401. The van der Waals surface area contributed by atoms with E-state index in [1.165, 1.54) is 6.08 Å². The molecule has 0 aliphatic rings. The third kappa shape index (κ3) is 4.48. The Morgan fingerprint density at radius 3 is 2.82 bits per heavy atom. The standard InChI is InChI=1S/C17H19ClN2O2/c1-20-12-4-7-15(20)16(21)10-11-19-17(22)9-8-13-5-2-3-6-14(13)18/h2-9,12,16,21H,10-11H2,1H3,(H,19,22). The van der Waals surface area contributed by atoms with Crippen molar-refractivity contribution >= 4 is 23.6 Å². The van der Waals surface area contributed by atoms with Crippen molar-refractivity contribution in [3.05, 3.63) is 65.0 Å². The Morgan fingerprint density at radius 1 is 1.36 bits per heavy atom. The average molecular weight is 319 g/mol. The highest BCUT2D eigenvalue weighted by Gasteiger charge is 2.10. The molecule has 1 unspecified atom stereocenters. The van der Waals surface area contributed by atoms with Gasteiger partial charge < -0.3 is 15.0 Å². The van der Waals surface area contributed by atoms with E-state index in [1.807, 2.05) is 48.1 Å². The van der Waals surface area contributed by atoms with Gasteiger partial charge in [-0.3, -0.25) is 4.79 Å². The number of carbonyl (C=O) groups is 1. The van der Waals surface area contributed by atoms with E-state index in [0.29, 0.717) is 18.0 Å². The maximum absolute atomic E-state index is 11.7. The van der Waals surface area contributed by atoms with Crippen LogP contribution in [0.15, 0.2) is 48.7 Å². The summed E-state index contributed by atoms with van der Waals surface area (Å²) in [5, 5.41) is 13.4. The number of aryl methyl sites for hydroxylation is 1. The molecule has 4 nitrogen and oxygen atoms in total. The summed E-state index contributed by atoms with van der Waals surface area (Å²) < 4.78 is 1.86. The van der Waals surface area contributed by atoms with Gasteiger partial charge in [0.15, 0.2) is 0 Å². The van der Waals surface area contributed by atoms with Crippen molar-refractivity contribution < 1.29 is 9.90 Å². The normalized spacial score (nSPS) is 12.5. The van der Waals surface area contributed by atoms with Crippen LogP contribution in [0.3, 0.4) is 0 Å². The van der Waals surface area contributed by atoms with Crippen LogP contribution in [0.5, 0.6) is 0 Å². The molecule has 1 amide bonds. The first-order valence-corrected chi connectivity index (χ1v) is 7.45. The fraction of sp³-hybridized carbons (Fsp3) is 0.235. The number of aliphatic hydroxyl groups is 1. The second-order valence-corrected chi connectivity index (χ2v) is 5.40. The largest absolute Gasteiger partial charge is 0.387 e. The van der Waals surface area contributed by atoms with Gasteiger partial charge in [-0.1, -0.05) is 29.8 Å². The van der Waals surface area contributed by atoms with Crippen LogP contribution < -0.4 is 5.32 Å². The minimum absolute atomic E-state index is 0.209. The molecular weight excluding hydrogens is 300 g/mol. The van der Waals surface area contributed by atoms with Crippen LogP contribution in [-0.4, -0.2) is 22.1 Å². The monoisotopic (exact) mass is 318 g/mol. The van der Waals surface area contributed by atoms with Crippen molar-refractivity contribution in [2.24, 2.45) is 7.05 Å². The van der Waals surface area contributed by atoms with Gasteiger partial charge in [-0.25, -0.2) is 0 Å². The van der Waals surface area contributed by atoms with Crippen molar-refractivity contribution in [1.82, 2.24) is 9.88 Å². The molecule has 22 heavy (non-hydrogen) atoms. The van der Waals surface area contributed by atoms with Crippen LogP contribution in [-0.2, 0) is 11.8 Å². The Kier molecular flexibility index (Phi) is 5.81. The number of hydrogen-bond donors (Lipinski definition) is 2. The van der Waals surface area contributed by atoms with Gasteiger partial charge in [-0.05, 0) is 36.3 Å². The summed E-state index contributed by atoms with van der Waals surface area (Å²) in [5.74, 6) is -0.209. The first-order valence-electron chi connectivity index (χ1n) is 7.07. The molecule has 0 spiro atoms. The highest BCUT2D eigenvalue weighted by atomic mass is 35.5. The Labute approximate surface area is 135 Å². The molecule has 1 atom stereocenters. The molecule has 0 fully saturated rings. The zero-order chi connectivity index (χ0) is 15.9. The highest BCUT2D eigenvalue weighted by molar-refractivity contribution is 6.32. The fourth-order valence-corrected chi connectivity index (χ4v) is 2.33. The summed E-state index contributed by atoms with van der Waals surface area (Å²) in [6.07, 6.45) is 4.86. The van der Waals surface area contributed by atoms with Gasteiger partial charge in [0.1, 0.15) is 0 Å². The second-order valence-electron chi connectivity index (χ2n) is 4.99. The number of aliphatic hydroxyl groups excluding tert-OH is 1. The van der Waals surface area contributed by atoms with Crippen LogP contribution in [0.25, 0.3) is 6.08 Å². The maximum Gasteiger partial charge on any atom is 0.244 e. The van der Waals surface area contributed by atoms with E-state index >= 15 is 0 Å². The van der Waals surface area contributed by atoms with E-state index in [9.17, 15) is 9.90 Å². The molecule has 1 aromatic heterocycles. The van der Waals surface area contributed by atoms with Crippen LogP contribution in [0, 0.1) is 0 Å². The summed E-state index contributed by atoms with van der Waals surface area (Å²) in [6, 6.07) is 11.1. The number of rotatable bonds is 6. The lowest BCUT2D eigenvalue weighted by molar-refractivity contribution is -0.116. The summed E-state index contributed by atoms with van der Waals surface area (Å²) in [7, 11) is 1.88. The molecule has 0 radical (unpaired) electrons. The number of aromatic nitrogens is 1. The fourth-order valence-electron chi connectivity index (χ4n) is 2.14. The first kappa shape index (κ1) is 16.3. The zero-order valence-corrected chi connectivity index (χ0v) is 13.1. The van der Waals surface area contributed by atoms with E-state index in [0.717, 1.165) is 11.3 Å². The number of benzene rings is 1. The Hall–Kier alpha value is -2.04. The summed E-state index contributed by atoms with van der Waals surface area (Å²) in [5.41, 5.74) is 1.63. The van der Waals surface area contributed by atoms with Crippen LogP contribution in [0.1, 0.15) is 23.8 Å². The van der Waals surface area contributed by atoms with Gasteiger partial charge in [0.05, 0.1) is 6.10 Å². The molecule has 0 aliphatic carbocycles. The predicted molar refractivity (Wildman–Crippen MR) is 88.5 cm³/mol. The van der Waals surface area contributed by atoms with E-state index in [2.05, 4.69) is 5.32 Å². The van der Waals surface area contributed by atoms with Gasteiger partial charge in [-0.2, -0.15) is 0 Å². The zero-order valence-electron chi connectivity index (χ0n) is 12.4. The van der Waals surface area contributed by atoms with Crippen LogP contribution >= 0.6 is 11.6 Å². The first-order chi connectivity index (χ1) is 10.6. The van der Waals surface area contributed by atoms with Gasteiger partial charge in [-0.15, -0.1) is 0 Å². The van der Waals surface area contributed by atoms with Gasteiger partial charge in [0, 0.05) is 36.6 Å². The summed E-state index contributed by atoms with van der Waals surface area (Å²) in [4.78, 5) is 11.7. The van der Waals surface area contributed by atoms with Crippen LogP contribution in [0.4, 0.5) is 0 Å². The number of nitrogens with one attached hydrogen (secondary N) is 1. The molecule has 0 aliphatic heterocycles. The van der Waals surface area contributed by atoms with Gasteiger partial charge >= 0.3 is 0 Å². The van der Waals surface area contributed by atoms with E-state index in [4.69, 9.17) is 11.6 Å². The molecule has 0 saturated carbocycles. The van der Waals surface area contributed by atoms with E-state index in [1.54, 1.807) is 12.1 Å². The van der Waals surface area contributed by atoms with Gasteiger partial charge in [0.25, 0.3) is 0 Å². The molecule has 116 valence electrons. The topological polar surface area (TPSA) is 54.3 Å². The molecule has 2 aromatic rings. The molecular formula is C17H19ClN2O2. The number of nitrogens with zero attached hydrogens (tertiary/aromatic N) is 1. The number of carbonyl (C=O) groups excluding carboxylic acids is 1. The maximum atomic E-state index is 11.7. The average Bonchev–Trinajstić information content (AvgIpc) is 2.92. The van der Waals surface area contributed by atoms with Crippen molar-refractivity contribution in [3.63, 3.8) is 0 Å². The number of halogens is 1. The van der Waals surface area contributed by atoms with Crippen LogP contribution in [0.2, 0.25) is 5.02 Å². The minimum atomic E-state index is -0.590. The molecule has 0 saturated heterocycles. The van der Waals surface area contributed by atoms with Crippen molar-refractivity contribution in [1.29, 1.82) is 0 Å². The third-order valence-electron chi connectivity index (χ3n) is 3.36. The van der Waals surface area contributed by atoms with E-state index < -0.39 is 6.10 Å². The molecule has 2 rings (SSSR count). The molecule has 5 heteroatoms. The van der Waals surface area contributed by atoms with E-state index in [-0.39, 0.29) is 5.91 Å². The van der Waals surface area contributed by atoms with Crippen molar-refractivity contribution in [3.8, 4) is 0 Å². The second kappa shape index (κ2) is 7.82. The molecule has 2 N–H and O–H groups in total. The Morgan fingerprint density at radius 2 is 2.14 bits per heavy atom. The lowest BCUT2D eigenvalue weighted by Crippen LogP contribution is -2.23. The smallest absolute Gasteiger partial charge is 0.244 e. The lowest BCUT2D eigenvalue weighted by Gasteiger charge is -2.12. The van der Waals surface area contributed by atoms with Crippen molar-refractivity contribution in [2.45, 2.75) is 12.5 Å². The Bertz CT molecular complexity index is 664. The third-order valence-corrected chi connectivity index (χ3v) is 3.71. The lowest BCUT2D eigenvalue weighted by atomic mass is 10.2. The number of amides is 1. The SMILES string of the molecule is Cn1cccc1C(O)CCNC(=O)C=Cc1ccccc1Cl. The highest BCUT2D eigenvalue weighted by Crippen LogP contribution is 2.16. The minimum Gasteiger partial charge on any atom is -0.387 e. The molecule has 0 bridgehead atoms. The Balaban J connectivity index is 1.79. The quantitative estimate of drug-likeness (QED) is 0.805. The number of hydrogen-bond acceptors (Lipinski definition) is 2.